The van der Waals surface area contributed by atoms with E-state index in [1.54, 1.807) is 55.4 Å². The Morgan fingerprint density at radius 1 is 0.296 bits per heavy atom. The molecule has 142 heavy (non-hydrogen) atoms. The molecule has 8 atom stereocenters. The molecule has 824 valence electrons. The molecule has 8 unspecified atom stereocenters. The Bertz CT molecular complexity index is 4210. The summed E-state index contributed by atoms with van der Waals surface area (Å²) in [5, 5.41) is 18.5. The first kappa shape index (κ1) is 131. The van der Waals surface area contributed by atoms with Crippen LogP contribution in [-0.4, -0.2) is 225 Å². The number of methoxy groups -OCH3 is 1. The van der Waals surface area contributed by atoms with Crippen LogP contribution in [0.15, 0.2) is 0 Å². The zero-order valence-corrected chi connectivity index (χ0v) is 86.4. The van der Waals surface area contributed by atoms with Crippen molar-refractivity contribution in [3.05, 3.63) is 0 Å². The summed E-state index contributed by atoms with van der Waals surface area (Å²) in [5.41, 5.74) is -32.5. The molecule has 8 bridgehead atoms. The molecule has 8 saturated carbocycles. The molecule has 0 aromatic carbocycles. The topological polar surface area (TPSA) is 409 Å². The fraction of sp³-hybridized carbons (Fsp3) is 0.851. The first-order chi connectivity index (χ1) is 63.1. The van der Waals surface area contributed by atoms with Gasteiger partial charge in [0.15, 0.2) is 24.4 Å². The van der Waals surface area contributed by atoms with Crippen molar-refractivity contribution in [2.75, 3.05) is 26.9 Å². The van der Waals surface area contributed by atoms with Gasteiger partial charge in [-0.2, -0.15) is 79.0 Å². The van der Waals surface area contributed by atoms with Crippen molar-refractivity contribution in [3.8, 4) is 0 Å². The van der Waals surface area contributed by atoms with Gasteiger partial charge in [-0.25, -0.2) is 28.8 Å². The quantitative estimate of drug-likeness (QED) is 0.0350. The van der Waals surface area contributed by atoms with Crippen LogP contribution in [0.2, 0.25) is 0 Å². The number of hydrogen-bond donors (Lipinski definition) is 2. The van der Waals surface area contributed by atoms with Crippen LogP contribution in [0.1, 0.15) is 330 Å². The lowest BCUT2D eigenvalue weighted by atomic mass is 9.50. The number of rotatable bonds is 33. The van der Waals surface area contributed by atoms with Crippen LogP contribution in [0.5, 0.6) is 0 Å². The first-order valence-corrected chi connectivity index (χ1v) is 45.8. The van der Waals surface area contributed by atoms with Crippen molar-refractivity contribution >= 4 is 83.6 Å². The van der Waals surface area contributed by atoms with Crippen molar-refractivity contribution < 1.29 is 223 Å². The summed E-state index contributed by atoms with van der Waals surface area (Å²) in [5.74, 6) is -12.9. The van der Waals surface area contributed by atoms with Crippen LogP contribution in [-0.2, 0) is 133 Å². The van der Waals surface area contributed by atoms with Gasteiger partial charge in [0.1, 0.15) is 33.6 Å². The molecule has 8 aliphatic carbocycles. The number of esters is 14. The minimum absolute atomic E-state index is 0.0195. The zero-order chi connectivity index (χ0) is 112. The molecule has 0 aromatic rings. The Morgan fingerprint density at radius 3 is 0.711 bits per heavy atom. The number of ether oxygens (including phenoxy) is 14. The highest BCUT2D eigenvalue weighted by atomic mass is 19.4. The highest BCUT2D eigenvalue weighted by Crippen LogP contribution is 2.66. The SMILES string of the molecule is CCC(C)(C)C(=O)OC(C)(C)C(O)(C(F)(F)F)C(F)(F)F.CCC(C)(C)C(=O)OC(C)(C)C(O)(C(F)(F)F)C(F)(F)F.CCC(C)(C)C(=O)OC12CC3CC(OC(C)=O)(CC(OC(=O)C(F)(F)F)(C3)C1)C2.CCC(C)(C)C(=O)OC12CC3CC(OC(C)=O)(CC(OC(=O)C(F)(F)F)(C3)C1)C2.CCC(C)(C)C(=O)OCC(=O)OC(C)(C)C(=O)OC.CCC(C)(C)C(=O)OCC(=O)OC(C)(C)C(=O)OCCC(C)C. The second-order valence-corrected chi connectivity index (χ2v) is 43.4. The summed E-state index contributed by atoms with van der Waals surface area (Å²) in [6.07, 6.45) is -28.7. The maximum Gasteiger partial charge on any atom is 0.490 e. The Kier molecular flexibility index (Phi) is 42.6. The average Bonchev–Trinajstić information content (AvgIpc) is 0.694. The van der Waals surface area contributed by atoms with Crippen molar-refractivity contribution in [2.45, 2.75) is 434 Å². The number of alkyl halides is 18. The van der Waals surface area contributed by atoms with E-state index in [9.17, 15) is 156 Å². The van der Waals surface area contributed by atoms with E-state index in [-0.39, 0.29) is 82.7 Å². The third-order valence-electron chi connectivity index (χ3n) is 26.4. The fourth-order valence-corrected chi connectivity index (χ4v) is 16.4. The maximum absolute atomic E-state index is 12.9. The Balaban J connectivity index is 0.000000859. The normalized spacial score (nSPS) is 22.6. The Morgan fingerprint density at radius 2 is 0.507 bits per heavy atom. The molecule has 0 radical (unpaired) electrons. The van der Waals surface area contributed by atoms with E-state index in [0.29, 0.717) is 85.0 Å². The Labute approximate surface area is 814 Å². The second-order valence-electron chi connectivity index (χ2n) is 43.4. The number of halogens is 18. The van der Waals surface area contributed by atoms with Gasteiger partial charge in [-0.1, -0.05) is 55.4 Å². The van der Waals surface area contributed by atoms with Crippen LogP contribution < -0.4 is 0 Å². The third-order valence-corrected chi connectivity index (χ3v) is 26.4. The van der Waals surface area contributed by atoms with E-state index in [2.05, 4.69) is 14.2 Å². The standard InChI is InChI=1S/2C20H27F3O6.C17H30O6.C13H22O6.2C12H18F6O3/c2*1-5-16(3,4)14(25)28-18-7-13-6-17(9-18,27-12(2)24)10-19(8-13,11-18)29-15(26)20(21,22)23;1-8-16(4,5)14(19)22-11-13(18)23-17(6,7)15(20)21-10-9-12(2)3;1-7-12(2,3)10(15)18-8-9(14)19-13(4,5)11(16)17-6;2*1-6-8(2,3)7(19)21-9(4,5)10(20,11(13,14)15)12(16,17)18/h2*13H,5-11H2,1-4H3;12H,8-11H2,1-7H3;7-8H2,1-6H3;2*20H,6H2,1-5H3. The molecule has 8 rings (SSSR count). The van der Waals surface area contributed by atoms with Crippen molar-refractivity contribution in [3.63, 3.8) is 0 Å². The van der Waals surface area contributed by atoms with Crippen molar-refractivity contribution in [1.29, 1.82) is 0 Å². The molecule has 8 aliphatic rings. The number of hydrogen-bond acceptors (Lipinski definition) is 30. The molecular formula is C94H142F18O30. The van der Waals surface area contributed by atoms with Gasteiger partial charge in [-0.3, -0.25) is 38.4 Å². The first-order valence-electron chi connectivity index (χ1n) is 45.8. The molecule has 0 heterocycles. The maximum atomic E-state index is 12.9. The van der Waals surface area contributed by atoms with E-state index in [1.165, 1.54) is 90.2 Å². The van der Waals surface area contributed by atoms with Gasteiger partial charge in [-0.15, -0.1) is 0 Å². The predicted molar refractivity (Wildman–Crippen MR) is 462 cm³/mol. The average molecular weight is 2090 g/mol. The van der Waals surface area contributed by atoms with E-state index in [1.807, 2.05) is 41.5 Å². The van der Waals surface area contributed by atoms with Gasteiger partial charge >= 0.3 is 121 Å². The number of aliphatic hydroxyl groups is 2. The van der Waals surface area contributed by atoms with Gasteiger partial charge in [0, 0.05) is 52.4 Å². The van der Waals surface area contributed by atoms with Crippen LogP contribution in [0.3, 0.4) is 0 Å². The van der Waals surface area contributed by atoms with Crippen molar-refractivity contribution in [1.82, 2.24) is 0 Å². The molecule has 0 aromatic heterocycles. The zero-order valence-electron chi connectivity index (χ0n) is 86.4. The molecule has 48 heteroatoms. The minimum atomic E-state index is -6.06. The van der Waals surface area contributed by atoms with Gasteiger partial charge in [-0.05, 0) is 240 Å². The fourth-order valence-electron chi connectivity index (χ4n) is 16.4. The largest absolute Gasteiger partial charge is 0.490 e. The summed E-state index contributed by atoms with van der Waals surface area (Å²) >= 11 is 0. The van der Waals surface area contributed by atoms with E-state index in [4.69, 9.17) is 52.1 Å². The second kappa shape index (κ2) is 46.1. The summed E-state index contributed by atoms with van der Waals surface area (Å²) in [6, 6.07) is 0. The summed E-state index contributed by atoms with van der Waals surface area (Å²) in [7, 11) is 1.20. The lowest BCUT2D eigenvalue weighted by molar-refractivity contribution is -0.408. The molecular weight excluding hydrogens is 1950 g/mol. The van der Waals surface area contributed by atoms with E-state index >= 15 is 0 Å². The van der Waals surface area contributed by atoms with Crippen LogP contribution in [0.4, 0.5) is 79.0 Å². The predicted octanol–water partition coefficient (Wildman–Crippen LogP) is 19.2. The van der Waals surface area contributed by atoms with Gasteiger partial charge in [0.05, 0.1) is 46.2 Å². The van der Waals surface area contributed by atoms with Crippen LogP contribution in [0.25, 0.3) is 0 Å². The lowest BCUT2D eigenvalue weighted by Gasteiger charge is -2.63. The molecule has 0 spiro atoms. The molecule has 2 N–H and O–H groups in total. The highest BCUT2D eigenvalue weighted by Gasteiger charge is 2.81. The molecule has 0 aliphatic heterocycles. The summed E-state index contributed by atoms with van der Waals surface area (Å²) in [6.45, 7) is 42.4. The van der Waals surface area contributed by atoms with Crippen LogP contribution >= 0.6 is 0 Å². The molecule has 30 nitrogen and oxygen atoms in total. The molecule has 8 fully saturated rings. The minimum Gasteiger partial charge on any atom is -0.466 e. The van der Waals surface area contributed by atoms with E-state index in [0.717, 1.165) is 6.42 Å². The summed E-state index contributed by atoms with van der Waals surface area (Å²) in [4.78, 5) is 166. The van der Waals surface area contributed by atoms with Gasteiger partial charge < -0.3 is 76.5 Å². The number of carbonyl (C=O) groups excluding carboxylic acids is 14. The van der Waals surface area contributed by atoms with Crippen molar-refractivity contribution in [2.24, 2.45) is 50.2 Å². The Hall–Kier alpha value is -8.76. The molecule has 0 saturated heterocycles. The third kappa shape index (κ3) is 33.6. The monoisotopic (exact) mass is 2090 g/mol. The van der Waals surface area contributed by atoms with Gasteiger partial charge in [0.25, 0.3) is 11.2 Å². The van der Waals surface area contributed by atoms with E-state index < -0.39 is 234 Å². The summed E-state index contributed by atoms with van der Waals surface area (Å²) < 4.78 is 302. The number of carbonyl (C=O) groups is 14. The lowest BCUT2D eigenvalue weighted by Crippen LogP contribution is -2.70. The molecule has 0 amide bonds. The van der Waals surface area contributed by atoms with Gasteiger partial charge in [0.2, 0.25) is 11.2 Å². The highest BCUT2D eigenvalue weighted by molar-refractivity contribution is 5.86. The van der Waals surface area contributed by atoms with Crippen LogP contribution in [0, 0.1) is 50.2 Å². The smallest absolute Gasteiger partial charge is 0.466 e.